The van der Waals surface area contributed by atoms with Crippen molar-refractivity contribution in [1.82, 2.24) is 14.5 Å². The summed E-state index contributed by atoms with van der Waals surface area (Å²) < 4.78 is 7.62. The van der Waals surface area contributed by atoms with Crippen molar-refractivity contribution >= 4 is 22.6 Å². The van der Waals surface area contributed by atoms with E-state index in [2.05, 4.69) is 71.1 Å². The van der Waals surface area contributed by atoms with Crippen LogP contribution in [-0.2, 0) is 17.9 Å². The highest BCUT2D eigenvalue weighted by molar-refractivity contribution is 5.92. The van der Waals surface area contributed by atoms with Gasteiger partial charge in [-0.3, -0.25) is 9.69 Å². The molecule has 0 spiro atoms. The van der Waals surface area contributed by atoms with Gasteiger partial charge in [-0.2, -0.15) is 0 Å². The molecule has 1 aliphatic rings. The van der Waals surface area contributed by atoms with Crippen LogP contribution in [0.4, 0.5) is 5.69 Å². The van der Waals surface area contributed by atoms with Gasteiger partial charge in [0.2, 0.25) is 5.91 Å². The molecule has 4 aromatic rings. The zero-order valence-electron chi connectivity index (χ0n) is 21.3. The maximum atomic E-state index is 13.1. The van der Waals surface area contributed by atoms with Crippen LogP contribution in [0.25, 0.3) is 11.0 Å². The van der Waals surface area contributed by atoms with Crippen LogP contribution in [0.15, 0.2) is 66.7 Å². The van der Waals surface area contributed by atoms with Crippen molar-refractivity contribution in [2.75, 3.05) is 25.5 Å². The maximum absolute atomic E-state index is 13.1. The molecule has 1 amide bonds. The number of ether oxygens (including phenoxy) is 1. The fraction of sp³-hybridized carbons (Fsp3) is 0.333. The molecule has 6 heteroatoms. The van der Waals surface area contributed by atoms with Gasteiger partial charge in [-0.05, 0) is 86.3 Å². The van der Waals surface area contributed by atoms with Crippen molar-refractivity contribution in [3.63, 3.8) is 0 Å². The zero-order chi connectivity index (χ0) is 25.1. The lowest BCUT2D eigenvalue weighted by Crippen LogP contribution is -2.40. The minimum absolute atomic E-state index is 0.0280. The first-order valence-corrected chi connectivity index (χ1v) is 12.7. The lowest BCUT2D eigenvalue weighted by atomic mass is 9.97. The number of imidazole rings is 1. The van der Waals surface area contributed by atoms with Crippen LogP contribution in [0.2, 0.25) is 0 Å². The van der Waals surface area contributed by atoms with Crippen LogP contribution >= 0.6 is 0 Å². The molecular weight excluding hydrogens is 448 g/mol. The second kappa shape index (κ2) is 10.5. The Bertz CT molecular complexity index is 1360. The first kappa shape index (κ1) is 24.1. The molecule has 1 saturated heterocycles. The number of aromatic nitrogens is 2. The first-order chi connectivity index (χ1) is 17.5. The summed E-state index contributed by atoms with van der Waals surface area (Å²) in [6.07, 6.45) is 1.92. The lowest BCUT2D eigenvalue weighted by Gasteiger charge is -2.31. The molecule has 1 N–H and O–H groups in total. The van der Waals surface area contributed by atoms with Gasteiger partial charge in [0.25, 0.3) is 0 Å². The summed E-state index contributed by atoms with van der Waals surface area (Å²) in [7, 11) is 1.68. The van der Waals surface area contributed by atoms with Crippen molar-refractivity contribution in [2.24, 2.45) is 5.92 Å². The number of rotatable bonds is 7. The topological polar surface area (TPSA) is 59.4 Å². The van der Waals surface area contributed by atoms with E-state index >= 15 is 0 Å². The van der Waals surface area contributed by atoms with Gasteiger partial charge in [0.15, 0.2) is 0 Å². The number of aryl methyl sites for hydroxylation is 2. The molecule has 6 nitrogen and oxygen atoms in total. The molecular formula is C30H34N4O2. The quantitative estimate of drug-likeness (QED) is 0.375. The second-order valence-electron chi connectivity index (χ2n) is 9.81. The number of methoxy groups -OCH3 is 1. The Balaban J connectivity index is 1.32. The molecule has 0 bridgehead atoms. The Labute approximate surface area is 212 Å². The summed E-state index contributed by atoms with van der Waals surface area (Å²) in [4.78, 5) is 20.5. The van der Waals surface area contributed by atoms with Gasteiger partial charge >= 0.3 is 0 Å². The van der Waals surface area contributed by atoms with Crippen molar-refractivity contribution in [3.05, 3.63) is 89.2 Å². The van der Waals surface area contributed by atoms with E-state index in [4.69, 9.17) is 9.72 Å². The molecule has 186 valence electrons. The molecule has 1 fully saturated rings. The van der Waals surface area contributed by atoms with Crippen LogP contribution in [0.1, 0.15) is 35.4 Å². The minimum Gasteiger partial charge on any atom is -0.497 e. The van der Waals surface area contributed by atoms with Crippen molar-refractivity contribution in [3.8, 4) is 5.75 Å². The van der Waals surface area contributed by atoms with Crippen molar-refractivity contribution in [2.45, 2.75) is 39.8 Å². The van der Waals surface area contributed by atoms with Gasteiger partial charge in [0.1, 0.15) is 11.6 Å². The highest BCUT2D eigenvalue weighted by Crippen LogP contribution is 2.24. The van der Waals surface area contributed by atoms with E-state index in [9.17, 15) is 4.79 Å². The van der Waals surface area contributed by atoms with Gasteiger partial charge in [0, 0.05) is 18.8 Å². The maximum Gasteiger partial charge on any atom is 0.228 e. The van der Waals surface area contributed by atoms with Crippen LogP contribution in [0.3, 0.4) is 0 Å². The minimum atomic E-state index is -0.0280. The Morgan fingerprint density at radius 3 is 2.61 bits per heavy atom. The molecule has 1 aliphatic heterocycles. The predicted molar refractivity (Wildman–Crippen MR) is 144 cm³/mol. The van der Waals surface area contributed by atoms with Gasteiger partial charge in [-0.1, -0.05) is 30.3 Å². The highest BCUT2D eigenvalue weighted by atomic mass is 16.5. The molecule has 0 radical (unpaired) electrons. The molecule has 1 atom stereocenters. The number of hydrogen-bond acceptors (Lipinski definition) is 4. The number of likely N-dealkylation sites (tertiary alicyclic amines) is 1. The number of amides is 1. The Morgan fingerprint density at radius 1 is 1.03 bits per heavy atom. The fourth-order valence-electron chi connectivity index (χ4n) is 5.01. The largest absolute Gasteiger partial charge is 0.497 e. The average Bonchev–Trinajstić information content (AvgIpc) is 3.23. The third kappa shape index (κ3) is 5.29. The van der Waals surface area contributed by atoms with Gasteiger partial charge in [-0.15, -0.1) is 0 Å². The fourth-order valence-corrected chi connectivity index (χ4v) is 5.01. The van der Waals surface area contributed by atoms with Crippen LogP contribution < -0.4 is 10.1 Å². The number of para-hydroxylation sites is 2. The highest BCUT2D eigenvalue weighted by Gasteiger charge is 2.27. The second-order valence-corrected chi connectivity index (χ2v) is 9.81. The van der Waals surface area contributed by atoms with Crippen LogP contribution in [0, 0.1) is 19.8 Å². The Morgan fingerprint density at radius 2 is 1.83 bits per heavy atom. The number of piperidine rings is 1. The van der Waals surface area contributed by atoms with Crippen molar-refractivity contribution < 1.29 is 9.53 Å². The molecule has 2 heterocycles. The summed E-state index contributed by atoms with van der Waals surface area (Å²) in [5.41, 5.74) is 6.63. The smallest absolute Gasteiger partial charge is 0.228 e. The summed E-state index contributed by atoms with van der Waals surface area (Å²) >= 11 is 0. The van der Waals surface area contributed by atoms with E-state index in [1.165, 1.54) is 16.7 Å². The normalized spacial score (nSPS) is 16.2. The summed E-state index contributed by atoms with van der Waals surface area (Å²) in [6, 6.07) is 22.6. The molecule has 0 unspecified atom stereocenters. The van der Waals surface area contributed by atoms with E-state index < -0.39 is 0 Å². The van der Waals surface area contributed by atoms with Crippen LogP contribution in [0.5, 0.6) is 5.75 Å². The summed E-state index contributed by atoms with van der Waals surface area (Å²) in [5, 5.41) is 3.14. The van der Waals surface area contributed by atoms with Gasteiger partial charge in [-0.25, -0.2) is 4.98 Å². The first-order valence-electron chi connectivity index (χ1n) is 12.7. The van der Waals surface area contributed by atoms with E-state index in [1.807, 2.05) is 24.3 Å². The molecule has 5 rings (SSSR count). The van der Waals surface area contributed by atoms with Crippen LogP contribution in [-0.4, -0.2) is 40.6 Å². The number of nitrogens with one attached hydrogen (secondary N) is 1. The number of anilines is 1. The number of benzene rings is 3. The Hall–Kier alpha value is -3.64. The standard InChI is InChI=1S/C30H34N4O2/c1-21-10-13-25(17-22(21)2)31-30(35)24-7-6-16-33(19-24)20-29-32-27-8-4-5-9-28(27)34(29)18-23-11-14-26(36-3)15-12-23/h4-5,8-15,17,24H,6-7,16,18-20H2,1-3H3,(H,31,35)/t24-/m0/s1. The summed E-state index contributed by atoms with van der Waals surface area (Å²) in [5.74, 6) is 1.96. The predicted octanol–water partition coefficient (Wildman–Crippen LogP) is 5.56. The van der Waals surface area contributed by atoms with Gasteiger partial charge < -0.3 is 14.6 Å². The molecule has 0 saturated carbocycles. The van der Waals surface area contributed by atoms with Gasteiger partial charge in [0.05, 0.1) is 30.6 Å². The Kier molecular flexibility index (Phi) is 7.05. The van der Waals surface area contributed by atoms with Crippen molar-refractivity contribution in [1.29, 1.82) is 0 Å². The summed E-state index contributed by atoms with van der Waals surface area (Å²) in [6.45, 7) is 7.33. The lowest BCUT2D eigenvalue weighted by molar-refractivity contribution is -0.121. The monoisotopic (exact) mass is 482 g/mol. The number of nitrogens with zero attached hydrogens (tertiary/aromatic N) is 3. The number of hydrogen-bond donors (Lipinski definition) is 1. The third-order valence-corrected chi connectivity index (χ3v) is 7.25. The average molecular weight is 483 g/mol. The third-order valence-electron chi connectivity index (χ3n) is 7.25. The molecule has 3 aromatic carbocycles. The van der Waals surface area contributed by atoms with E-state index in [0.717, 1.165) is 67.3 Å². The molecule has 36 heavy (non-hydrogen) atoms. The number of carbonyl (C=O) groups is 1. The molecule has 1 aromatic heterocycles. The number of fused-ring (bicyclic) bond motifs is 1. The SMILES string of the molecule is COc1ccc(Cn2c(CN3CCC[C@H](C(=O)Nc4ccc(C)c(C)c4)C3)nc3ccccc32)cc1. The number of carbonyl (C=O) groups excluding carboxylic acids is 1. The van der Waals surface area contributed by atoms with E-state index in [0.29, 0.717) is 0 Å². The van der Waals surface area contributed by atoms with E-state index in [-0.39, 0.29) is 11.8 Å². The molecule has 0 aliphatic carbocycles. The zero-order valence-corrected chi connectivity index (χ0v) is 21.3. The van der Waals surface area contributed by atoms with E-state index in [1.54, 1.807) is 7.11 Å².